The van der Waals surface area contributed by atoms with E-state index in [1.807, 2.05) is 0 Å². The van der Waals surface area contributed by atoms with Gasteiger partial charge in [-0.3, -0.25) is 9.78 Å². The largest absolute Gasteiger partial charge is 0.334 e. The van der Waals surface area contributed by atoms with Gasteiger partial charge in [-0.05, 0) is 18.2 Å². The number of H-pyrrole nitrogens is 1. The van der Waals surface area contributed by atoms with Crippen LogP contribution in [0.3, 0.4) is 0 Å². The molecule has 2 rings (SSSR count). The minimum absolute atomic E-state index is 0.112. The molecule has 1 heterocycles. The summed E-state index contributed by atoms with van der Waals surface area (Å²) >= 11 is 11.2. The lowest BCUT2D eigenvalue weighted by atomic mass is 10.3. The van der Waals surface area contributed by atoms with Crippen molar-refractivity contribution < 1.29 is 4.39 Å². The number of hydrogen-bond donors (Lipinski definition) is 1. The van der Waals surface area contributed by atoms with Crippen LogP contribution < -0.4 is 11.2 Å². The summed E-state index contributed by atoms with van der Waals surface area (Å²) < 4.78 is 14.1. The van der Waals surface area contributed by atoms with Crippen molar-refractivity contribution in [2.45, 2.75) is 0 Å². The highest BCUT2D eigenvalue weighted by Crippen LogP contribution is 2.16. The maximum Gasteiger partial charge on any atom is 0.334 e. The van der Waals surface area contributed by atoms with Crippen molar-refractivity contribution in [3.8, 4) is 5.69 Å². The van der Waals surface area contributed by atoms with Gasteiger partial charge in [-0.2, -0.15) is 0 Å². The van der Waals surface area contributed by atoms with E-state index >= 15 is 0 Å². The second-order valence-corrected chi connectivity index (χ2v) is 4.04. The minimum atomic E-state index is -0.830. The Balaban J connectivity index is 2.82. The van der Waals surface area contributed by atoms with Crippen LogP contribution >= 0.6 is 23.2 Å². The molecule has 0 saturated carbocycles. The average Bonchev–Trinajstić information content (AvgIpc) is 2.21. The standard InChI is InChI=1S/C10H5Cl2FN2O2/c11-5-1-2-6(13)7(3-5)15-9(16)4-8(12)14-10(15)17/h1-4H,(H,14,17). The summed E-state index contributed by atoms with van der Waals surface area (Å²) in [4.78, 5) is 25.3. The fourth-order valence-corrected chi connectivity index (χ4v) is 1.69. The molecule has 1 aromatic heterocycles. The zero-order valence-electron chi connectivity index (χ0n) is 8.21. The molecule has 2 aromatic rings. The minimum Gasteiger partial charge on any atom is -0.297 e. The lowest BCUT2D eigenvalue weighted by molar-refractivity contribution is 0.612. The Morgan fingerprint density at radius 1 is 1.18 bits per heavy atom. The number of nitrogens with zero attached hydrogens (tertiary/aromatic N) is 1. The van der Waals surface area contributed by atoms with E-state index in [-0.39, 0.29) is 15.9 Å². The Labute approximate surface area is 104 Å². The van der Waals surface area contributed by atoms with Crippen LogP contribution in [0.4, 0.5) is 4.39 Å². The second-order valence-electron chi connectivity index (χ2n) is 3.19. The summed E-state index contributed by atoms with van der Waals surface area (Å²) in [5, 5.41) is 0.0985. The highest BCUT2D eigenvalue weighted by molar-refractivity contribution is 6.30. The lowest BCUT2D eigenvalue weighted by Gasteiger charge is -2.05. The van der Waals surface area contributed by atoms with E-state index in [1.165, 1.54) is 12.1 Å². The van der Waals surface area contributed by atoms with E-state index in [2.05, 4.69) is 4.98 Å². The van der Waals surface area contributed by atoms with Gasteiger partial charge in [-0.25, -0.2) is 13.8 Å². The normalized spacial score (nSPS) is 10.5. The highest BCUT2D eigenvalue weighted by Gasteiger charge is 2.11. The number of halogens is 3. The quantitative estimate of drug-likeness (QED) is 0.809. The van der Waals surface area contributed by atoms with Crippen molar-refractivity contribution in [3.05, 3.63) is 61.1 Å². The molecule has 0 atom stereocenters. The molecule has 0 aliphatic carbocycles. The summed E-state index contributed by atoms with van der Waals surface area (Å²) in [6.45, 7) is 0. The number of benzene rings is 1. The Morgan fingerprint density at radius 2 is 1.88 bits per heavy atom. The van der Waals surface area contributed by atoms with Gasteiger partial charge in [0.2, 0.25) is 0 Å². The van der Waals surface area contributed by atoms with Crippen LogP contribution in [0.5, 0.6) is 0 Å². The third kappa shape index (κ3) is 2.25. The molecule has 17 heavy (non-hydrogen) atoms. The molecule has 1 aromatic carbocycles. The molecule has 0 aliphatic heterocycles. The molecule has 0 saturated heterocycles. The lowest BCUT2D eigenvalue weighted by Crippen LogP contribution is -2.33. The first kappa shape index (κ1) is 11.9. The molecule has 4 nitrogen and oxygen atoms in total. The molecule has 0 aliphatic rings. The van der Waals surface area contributed by atoms with Crippen LogP contribution in [0.2, 0.25) is 10.2 Å². The topological polar surface area (TPSA) is 54.9 Å². The summed E-state index contributed by atoms with van der Waals surface area (Å²) in [6, 6.07) is 4.54. The molecule has 0 amide bonds. The molecular weight excluding hydrogens is 270 g/mol. The molecule has 0 spiro atoms. The van der Waals surface area contributed by atoms with Crippen molar-refractivity contribution in [3.63, 3.8) is 0 Å². The van der Waals surface area contributed by atoms with Crippen molar-refractivity contribution >= 4 is 23.2 Å². The molecule has 0 fully saturated rings. The first-order valence-corrected chi connectivity index (χ1v) is 5.22. The van der Waals surface area contributed by atoms with E-state index in [0.29, 0.717) is 4.57 Å². The van der Waals surface area contributed by atoms with Gasteiger partial charge in [0.05, 0.1) is 5.69 Å². The zero-order valence-corrected chi connectivity index (χ0v) is 9.72. The Bertz CT molecular complexity index is 662. The monoisotopic (exact) mass is 274 g/mol. The number of aromatic amines is 1. The number of aromatic nitrogens is 2. The highest BCUT2D eigenvalue weighted by atomic mass is 35.5. The predicted octanol–water partition coefficient (Wildman–Crippen LogP) is 1.97. The van der Waals surface area contributed by atoms with Crippen LogP contribution in [0.15, 0.2) is 33.9 Å². The predicted molar refractivity (Wildman–Crippen MR) is 62.6 cm³/mol. The first-order chi connectivity index (χ1) is 7.99. The van der Waals surface area contributed by atoms with Crippen molar-refractivity contribution in [1.82, 2.24) is 9.55 Å². The third-order valence-corrected chi connectivity index (χ3v) is 2.49. The van der Waals surface area contributed by atoms with E-state index in [1.54, 1.807) is 0 Å². The molecule has 1 N–H and O–H groups in total. The van der Waals surface area contributed by atoms with Gasteiger partial charge in [-0.15, -0.1) is 0 Å². The summed E-state index contributed by atoms with van der Waals surface area (Å²) in [5.41, 5.74) is -1.79. The van der Waals surface area contributed by atoms with E-state index < -0.39 is 17.1 Å². The maximum atomic E-state index is 13.5. The second kappa shape index (κ2) is 4.35. The van der Waals surface area contributed by atoms with Crippen molar-refractivity contribution in [1.29, 1.82) is 0 Å². The van der Waals surface area contributed by atoms with Gasteiger partial charge in [0.15, 0.2) is 0 Å². The fourth-order valence-electron chi connectivity index (χ4n) is 1.35. The molecular formula is C10H5Cl2FN2O2. The Kier molecular flexibility index (Phi) is 3.04. The van der Waals surface area contributed by atoms with Crippen molar-refractivity contribution in [2.75, 3.05) is 0 Å². The molecule has 0 radical (unpaired) electrons. The first-order valence-electron chi connectivity index (χ1n) is 4.46. The van der Waals surface area contributed by atoms with Gasteiger partial charge in [0, 0.05) is 11.1 Å². The van der Waals surface area contributed by atoms with E-state index in [9.17, 15) is 14.0 Å². The molecule has 7 heteroatoms. The van der Waals surface area contributed by atoms with Gasteiger partial charge in [0.1, 0.15) is 11.0 Å². The Morgan fingerprint density at radius 3 is 2.53 bits per heavy atom. The third-order valence-electron chi connectivity index (χ3n) is 2.05. The molecule has 88 valence electrons. The number of hydrogen-bond acceptors (Lipinski definition) is 2. The Hall–Kier alpha value is -1.59. The number of nitrogens with one attached hydrogen (secondary N) is 1. The maximum absolute atomic E-state index is 13.5. The van der Waals surface area contributed by atoms with E-state index in [4.69, 9.17) is 23.2 Å². The SMILES string of the molecule is O=c1cc(Cl)[nH]c(=O)n1-c1cc(Cl)ccc1F. The van der Waals surface area contributed by atoms with Gasteiger partial charge < -0.3 is 0 Å². The van der Waals surface area contributed by atoms with Gasteiger partial charge >= 0.3 is 5.69 Å². The van der Waals surface area contributed by atoms with Crippen LogP contribution in [0, 0.1) is 5.82 Å². The number of rotatable bonds is 1. The fraction of sp³-hybridized carbons (Fsp3) is 0. The van der Waals surface area contributed by atoms with Gasteiger partial charge in [0.25, 0.3) is 5.56 Å². The van der Waals surface area contributed by atoms with Gasteiger partial charge in [-0.1, -0.05) is 23.2 Å². The van der Waals surface area contributed by atoms with Crippen LogP contribution in [0.25, 0.3) is 5.69 Å². The van der Waals surface area contributed by atoms with Crippen LogP contribution in [-0.4, -0.2) is 9.55 Å². The molecule has 0 unspecified atom stereocenters. The summed E-state index contributed by atoms with van der Waals surface area (Å²) in [6.07, 6.45) is 0. The summed E-state index contributed by atoms with van der Waals surface area (Å²) in [5.74, 6) is -0.732. The van der Waals surface area contributed by atoms with E-state index in [0.717, 1.165) is 12.1 Å². The average molecular weight is 275 g/mol. The van der Waals surface area contributed by atoms with Crippen molar-refractivity contribution in [2.24, 2.45) is 0 Å². The summed E-state index contributed by atoms with van der Waals surface area (Å²) in [7, 11) is 0. The smallest absolute Gasteiger partial charge is 0.297 e. The van der Waals surface area contributed by atoms with Crippen LogP contribution in [-0.2, 0) is 0 Å². The molecule has 0 bridgehead atoms. The van der Waals surface area contributed by atoms with Crippen LogP contribution in [0.1, 0.15) is 0 Å². The zero-order chi connectivity index (χ0) is 12.6.